The lowest BCUT2D eigenvalue weighted by Crippen LogP contribution is -2.32. The lowest BCUT2D eigenvalue weighted by Gasteiger charge is -2.25. The van der Waals surface area contributed by atoms with Crippen molar-refractivity contribution in [3.63, 3.8) is 0 Å². The van der Waals surface area contributed by atoms with Gasteiger partial charge in [-0.05, 0) is 49.1 Å². The molecule has 3 aromatic carbocycles. The summed E-state index contributed by atoms with van der Waals surface area (Å²) in [6, 6.07) is 23.1. The van der Waals surface area contributed by atoms with Crippen LogP contribution in [0.2, 0.25) is 0 Å². The molecule has 0 saturated carbocycles. The standard InChI is InChI=1S/C25H28N2O3S/c1-19-11-9-16-24(20(19)2)27(31(3,29)30)18-10-17-25(28)26-23-15-8-7-14-22(23)21-12-5-4-6-13-21/h4-9,11-16H,10,17-18H2,1-3H3,(H,26,28). The summed E-state index contributed by atoms with van der Waals surface area (Å²) in [6.07, 6.45) is 1.84. The average Bonchev–Trinajstić information content (AvgIpc) is 2.74. The average molecular weight is 437 g/mol. The van der Waals surface area contributed by atoms with E-state index in [0.717, 1.165) is 27.9 Å². The first-order valence-corrected chi connectivity index (χ1v) is 12.1. The van der Waals surface area contributed by atoms with Crippen molar-refractivity contribution < 1.29 is 13.2 Å². The van der Waals surface area contributed by atoms with Gasteiger partial charge in [0.1, 0.15) is 0 Å². The van der Waals surface area contributed by atoms with Gasteiger partial charge in [-0.1, -0.05) is 60.7 Å². The molecule has 1 amide bonds. The lowest BCUT2D eigenvalue weighted by molar-refractivity contribution is -0.116. The minimum absolute atomic E-state index is 0.141. The van der Waals surface area contributed by atoms with Gasteiger partial charge in [-0.2, -0.15) is 0 Å². The van der Waals surface area contributed by atoms with Crippen molar-refractivity contribution in [3.8, 4) is 11.1 Å². The second-order valence-corrected chi connectivity index (χ2v) is 9.52. The first kappa shape index (κ1) is 22.6. The van der Waals surface area contributed by atoms with Crippen LogP contribution in [-0.4, -0.2) is 27.1 Å². The van der Waals surface area contributed by atoms with Crippen LogP contribution < -0.4 is 9.62 Å². The number of nitrogens with one attached hydrogen (secondary N) is 1. The molecule has 1 N–H and O–H groups in total. The molecule has 0 saturated heterocycles. The van der Waals surface area contributed by atoms with Crippen molar-refractivity contribution in [2.75, 3.05) is 22.4 Å². The van der Waals surface area contributed by atoms with Crippen LogP contribution in [0.15, 0.2) is 72.8 Å². The van der Waals surface area contributed by atoms with Gasteiger partial charge in [0.2, 0.25) is 15.9 Å². The molecule has 6 heteroatoms. The molecule has 162 valence electrons. The van der Waals surface area contributed by atoms with Crippen molar-refractivity contribution in [1.82, 2.24) is 0 Å². The molecule has 0 unspecified atom stereocenters. The summed E-state index contributed by atoms with van der Waals surface area (Å²) >= 11 is 0. The maximum absolute atomic E-state index is 12.6. The number of hydrogen-bond donors (Lipinski definition) is 1. The van der Waals surface area contributed by atoms with Gasteiger partial charge in [-0.15, -0.1) is 0 Å². The number of rotatable bonds is 8. The number of para-hydroxylation sites is 1. The van der Waals surface area contributed by atoms with Gasteiger partial charge in [-0.3, -0.25) is 9.10 Å². The molecule has 0 atom stereocenters. The van der Waals surface area contributed by atoms with Gasteiger partial charge < -0.3 is 5.32 Å². The van der Waals surface area contributed by atoms with Crippen LogP contribution in [0.5, 0.6) is 0 Å². The zero-order valence-corrected chi connectivity index (χ0v) is 18.9. The third kappa shape index (κ3) is 5.73. The molecule has 0 spiro atoms. The summed E-state index contributed by atoms with van der Waals surface area (Å²) in [5, 5.41) is 2.97. The fourth-order valence-corrected chi connectivity index (χ4v) is 4.54. The molecule has 0 bridgehead atoms. The first-order valence-electron chi connectivity index (χ1n) is 10.3. The molecule has 5 nitrogen and oxygen atoms in total. The number of amides is 1. The summed E-state index contributed by atoms with van der Waals surface area (Å²) in [4.78, 5) is 12.6. The van der Waals surface area contributed by atoms with Gasteiger partial charge in [0.15, 0.2) is 0 Å². The highest BCUT2D eigenvalue weighted by molar-refractivity contribution is 7.92. The molecular formula is C25H28N2O3S. The van der Waals surface area contributed by atoms with Crippen molar-refractivity contribution in [1.29, 1.82) is 0 Å². The fourth-order valence-electron chi connectivity index (χ4n) is 3.53. The van der Waals surface area contributed by atoms with Crippen LogP contribution >= 0.6 is 0 Å². The number of aryl methyl sites for hydroxylation is 1. The van der Waals surface area contributed by atoms with Gasteiger partial charge >= 0.3 is 0 Å². The normalized spacial score (nSPS) is 11.2. The molecule has 0 aliphatic heterocycles. The fraction of sp³-hybridized carbons (Fsp3) is 0.240. The molecule has 0 aromatic heterocycles. The largest absolute Gasteiger partial charge is 0.326 e. The summed E-state index contributed by atoms with van der Waals surface area (Å²) < 4.78 is 26.2. The molecule has 3 rings (SSSR count). The van der Waals surface area contributed by atoms with Crippen LogP contribution in [0.3, 0.4) is 0 Å². The van der Waals surface area contributed by atoms with Crippen LogP contribution in [0, 0.1) is 13.8 Å². The minimum Gasteiger partial charge on any atom is -0.326 e. The first-order chi connectivity index (χ1) is 14.8. The third-order valence-electron chi connectivity index (χ3n) is 5.30. The van der Waals surface area contributed by atoms with Crippen LogP contribution in [-0.2, 0) is 14.8 Å². The molecule has 0 aliphatic rings. The van der Waals surface area contributed by atoms with Gasteiger partial charge in [0, 0.05) is 24.2 Å². The van der Waals surface area contributed by atoms with E-state index in [9.17, 15) is 13.2 Å². The maximum atomic E-state index is 12.6. The topological polar surface area (TPSA) is 66.5 Å². The van der Waals surface area contributed by atoms with E-state index in [1.807, 2.05) is 80.6 Å². The Bertz CT molecular complexity index is 1160. The zero-order valence-electron chi connectivity index (χ0n) is 18.1. The molecule has 0 radical (unpaired) electrons. The maximum Gasteiger partial charge on any atom is 0.232 e. The molecule has 0 aliphatic carbocycles. The highest BCUT2D eigenvalue weighted by atomic mass is 32.2. The quantitative estimate of drug-likeness (QED) is 0.531. The second kappa shape index (κ2) is 9.79. The van der Waals surface area contributed by atoms with Crippen molar-refractivity contribution in [3.05, 3.63) is 83.9 Å². The molecular weight excluding hydrogens is 408 g/mol. The molecule has 0 fully saturated rings. The molecule has 0 heterocycles. The Balaban J connectivity index is 1.68. The second-order valence-electron chi connectivity index (χ2n) is 7.62. The van der Waals surface area contributed by atoms with E-state index < -0.39 is 10.0 Å². The summed E-state index contributed by atoms with van der Waals surface area (Å²) in [5.41, 5.74) is 5.34. The van der Waals surface area contributed by atoms with Crippen LogP contribution in [0.25, 0.3) is 11.1 Å². The highest BCUT2D eigenvalue weighted by Gasteiger charge is 2.20. The molecule has 3 aromatic rings. The number of carbonyl (C=O) groups is 1. The lowest BCUT2D eigenvalue weighted by atomic mass is 10.0. The van der Waals surface area contributed by atoms with E-state index in [2.05, 4.69) is 5.32 Å². The number of sulfonamides is 1. The van der Waals surface area contributed by atoms with Crippen LogP contribution in [0.1, 0.15) is 24.0 Å². The van der Waals surface area contributed by atoms with Crippen molar-refractivity contribution in [2.45, 2.75) is 26.7 Å². The van der Waals surface area contributed by atoms with Gasteiger partial charge in [0.05, 0.1) is 11.9 Å². The summed E-state index contributed by atoms with van der Waals surface area (Å²) in [6.45, 7) is 4.11. The Morgan fingerprint density at radius 1 is 0.903 bits per heavy atom. The Hall–Kier alpha value is -3.12. The third-order valence-corrected chi connectivity index (χ3v) is 6.48. The molecule has 31 heavy (non-hydrogen) atoms. The predicted molar refractivity (Wildman–Crippen MR) is 128 cm³/mol. The van der Waals surface area contributed by atoms with E-state index >= 15 is 0 Å². The van der Waals surface area contributed by atoms with E-state index in [1.54, 1.807) is 6.07 Å². The van der Waals surface area contributed by atoms with Crippen molar-refractivity contribution in [2.24, 2.45) is 0 Å². The SMILES string of the molecule is Cc1cccc(N(CCCC(=O)Nc2ccccc2-c2ccccc2)S(C)(=O)=O)c1C. The van der Waals surface area contributed by atoms with E-state index in [1.165, 1.54) is 10.6 Å². The summed E-state index contributed by atoms with van der Waals surface area (Å²) in [7, 11) is -3.46. The zero-order chi connectivity index (χ0) is 22.4. The number of benzene rings is 3. The Labute approximate surface area is 184 Å². The van der Waals surface area contributed by atoms with E-state index in [4.69, 9.17) is 0 Å². The number of anilines is 2. The van der Waals surface area contributed by atoms with E-state index in [0.29, 0.717) is 12.1 Å². The number of hydrogen-bond acceptors (Lipinski definition) is 3. The number of nitrogens with zero attached hydrogens (tertiary/aromatic N) is 1. The van der Waals surface area contributed by atoms with Crippen LogP contribution in [0.4, 0.5) is 11.4 Å². The Morgan fingerprint density at radius 3 is 2.29 bits per heavy atom. The monoisotopic (exact) mass is 436 g/mol. The van der Waals surface area contributed by atoms with Gasteiger partial charge in [0.25, 0.3) is 0 Å². The minimum atomic E-state index is -3.46. The Morgan fingerprint density at radius 2 is 1.58 bits per heavy atom. The smallest absolute Gasteiger partial charge is 0.232 e. The van der Waals surface area contributed by atoms with E-state index in [-0.39, 0.29) is 18.9 Å². The van der Waals surface area contributed by atoms with Gasteiger partial charge in [-0.25, -0.2) is 8.42 Å². The predicted octanol–water partition coefficient (Wildman–Crippen LogP) is 5.16. The Kier molecular flexibility index (Phi) is 7.13. The number of carbonyl (C=O) groups excluding carboxylic acids is 1. The van der Waals surface area contributed by atoms with Crippen molar-refractivity contribution >= 4 is 27.3 Å². The highest BCUT2D eigenvalue weighted by Crippen LogP contribution is 2.28. The summed E-state index contributed by atoms with van der Waals surface area (Å²) in [5.74, 6) is -0.141.